The van der Waals surface area contributed by atoms with Crippen LogP contribution in [0.4, 0.5) is 0 Å². The lowest BCUT2D eigenvalue weighted by Crippen LogP contribution is -2.05. The van der Waals surface area contributed by atoms with E-state index < -0.39 is 0 Å². The summed E-state index contributed by atoms with van der Waals surface area (Å²) in [6, 6.07) is 0. The molecule has 3 heteroatoms. The molecule has 0 amide bonds. The first-order valence-corrected chi connectivity index (χ1v) is 1.41. The first-order valence-electron chi connectivity index (χ1n) is 1.41. The van der Waals surface area contributed by atoms with Gasteiger partial charge in [-0.05, 0) is 6.08 Å². The smallest absolute Gasteiger partial charge is 0.162 e. The summed E-state index contributed by atoms with van der Waals surface area (Å²) in [5.41, 5.74) is 4.85. The fourth-order valence-electron chi connectivity index (χ4n) is 0.0408. The average molecular weight is 86.1 g/mol. The molecule has 0 bridgehead atoms. The summed E-state index contributed by atoms with van der Waals surface area (Å²) in [6.07, 6.45) is 1.25. The van der Waals surface area contributed by atoms with Crippen molar-refractivity contribution in [2.24, 2.45) is 10.9 Å². The predicted octanol–water partition coefficient (Wildman–Crippen LogP) is -0.0812. The number of amidine groups is 1. The third kappa shape index (κ3) is 1.34. The van der Waals surface area contributed by atoms with Crippen molar-refractivity contribution in [3.8, 4) is 0 Å². The van der Waals surface area contributed by atoms with E-state index in [1.54, 1.807) is 0 Å². The highest BCUT2D eigenvalue weighted by molar-refractivity contribution is 5.90. The molecule has 0 aromatic heterocycles. The lowest BCUT2D eigenvalue weighted by Gasteiger charge is -1.77. The van der Waals surface area contributed by atoms with Gasteiger partial charge in [-0.3, -0.25) is 0 Å². The summed E-state index contributed by atoms with van der Waals surface area (Å²) in [5, 5.41) is 10.3. The molecule has 0 spiro atoms. The SMILES string of the molecule is C=CC(N)=NO. The summed E-state index contributed by atoms with van der Waals surface area (Å²) in [7, 11) is 0. The Morgan fingerprint density at radius 1 is 2.00 bits per heavy atom. The van der Waals surface area contributed by atoms with Crippen LogP contribution in [0.15, 0.2) is 17.8 Å². The fraction of sp³-hybridized carbons (Fsp3) is 0. The fourth-order valence-corrected chi connectivity index (χ4v) is 0.0408. The highest BCUT2D eigenvalue weighted by Gasteiger charge is 1.71. The minimum atomic E-state index is 0.0370. The number of hydrogen-bond donors (Lipinski definition) is 2. The Kier molecular flexibility index (Phi) is 1.89. The van der Waals surface area contributed by atoms with E-state index in [2.05, 4.69) is 11.7 Å². The van der Waals surface area contributed by atoms with E-state index in [-0.39, 0.29) is 5.84 Å². The third-order valence-corrected chi connectivity index (χ3v) is 0.325. The van der Waals surface area contributed by atoms with Crippen molar-refractivity contribution in [3.63, 3.8) is 0 Å². The Morgan fingerprint density at radius 3 is 2.50 bits per heavy atom. The number of oxime groups is 1. The average Bonchev–Trinajstić information content (AvgIpc) is 1.65. The van der Waals surface area contributed by atoms with Crippen LogP contribution < -0.4 is 5.73 Å². The molecular weight excluding hydrogens is 80.0 g/mol. The largest absolute Gasteiger partial charge is 0.409 e. The molecule has 3 nitrogen and oxygen atoms in total. The van der Waals surface area contributed by atoms with Gasteiger partial charge in [-0.1, -0.05) is 11.7 Å². The maximum absolute atomic E-state index is 7.73. The summed E-state index contributed by atoms with van der Waals surface area (Å²) < 4.78 is 0. The zero-order valence-electron chi connectivity index (χ0n) is 3.26. The molecule has 0 saturated carbocycles. The summed E-state index contributed by atoms with van der Waals surface area (Å²) in [5.74, 6) is 0.0370. The number of nitrogens with zero attached hydrogens (tertiary/aromatic N) is 1. The van der Waals surface area contributed by atoms with Crippen molar-refractivity contribution < 1.29 is 5.21 Å². The van der Waals surface area contributed by atoms with Gasteiger partial charge in [0.1, 0.15) is 0 Å². The Labute approximate surface area is 35.8 Å². The maximum atomic E-state index is 7.73. The van der Waals surface area contributed by atoms with Crippen LogP contribution in [-0.4, -0.2) is 11.0 Å². The van der Waals surface area contributed by atoms with Crippen molar-refractivity contribution in [3.05, 3.63) is 12.7 Å². The van der Waals surface area contributed by atoms with E-state index in [0.29, 0.717) is 0 Å². The van der Waals surface area contributed by atoms with Gasteiger partial charge in [0.2, 0.25) is 0 Å². The van der Waals surface area contributed by atoms with Gasteiger partial charge in [-0.15, -0.1) is 0 Å². The van der Waals surface area contributed by atoms with E-state index in [9.17, 15) is 0 Å². The molecule has 3 N–H and O–H groups in total. The Morgan fingerprint density at radius 2 is 2.50 bits per heavy atom. The van der Waals surface area contributed by atoms with E-state index in [1.807, 2.05) is 0 Å². The van der Waals surface area contributed by atoms with Crippen LogP contribution in [0.25, 0.3) is 0 Å². The Hall–Kier alpha value is -0.990. The van der Waals surface area contributed by atoms with Crippen LogP contribution >= 0.6 is 0 Å². The van der Waals surface area contributed by atoms with Gasteiger partial charge in [0, 0.05) is 0 Å². The van der Waals surface area contributed by atoms with Crippen LogP contribution in [0, 0.1) is 0 Å². The molecule has 6 heavy (non-hydrogen) atoms. The van der Waals surface area contributed by atoms with Gasteiger partial charge in [-0.2, -0.15) is 0 Å². The molecule has 0 aromatic carbocycles. The Bertz CT molecular complexity index is 76.9. The predicted molar refractivity (Wildman–Crippen MR) is 23.6 cm³/mol. The molecule has 0 aromatic rings. The number of hydrogen-bond acceptors (Lipinski definition) is 2. The first-order chi connectivity index (χ1) is 2.81. The second-order valence-electron chi connectivity index (χ2n) is 0.729. The number of nitrogens with two attached hydrogens (primary N) is 1. The quantitative estimate of drug-likeness (QED) is 0.203. The molecule has 0 aliphatic carbocycles. The molecule has 0 saturated heterocycles. The lowest BCUT2D eigenvalue weighted by atomic mass is 10.6. The lowest BCUT2D eigenvalue weighted by molar-refractivity contribution is 0.319. The van der Waals surface area contributed by atoms with Gasteiger partial charge < -0.3 is 10.9 Å². The zero-order valence-corrected chi connectivity index (χ0v) is 3.26. The second-order valence-corrected chi connectivity index (χ2v) is 0.729. The van der Waals surface area contributed by atoms with Crippen LogP contribution in [0.3, 0.4) is 0 Å². The minimum Gasteiger partial charge on any atom is -0.409 e. The highest BCUT2D eigenvalue weighted by atomic mass is 16.4. The molecule has 0 aliphatic heterocycles. The van der Waals surface area contributed by atoms with Crippen molar-refractivity contribution >= 4 is 5.84 Å². The van der Waals surface area contributed by atoms with Gasteiger partial charge in [0.05, 0.1) is 0 Å². The van der Waals surface area contributed by atoms with Crippen LogP contribution in [0.1, 0.15) is 0 Å². The third-order valence-electron chi connectivity index (χ3n) is 0.325. The molecular formula is C3H6N2O. The van der Waals surface area contributed by atoms with E-state index >= 15 is 0 Å². The van der Waals surface area contributed by atoms with Crippen molar-refractivity contribution in [2.45, 2.75) is 0 Å². The molecule has 0 aliphatic rings. The highest BCUT2D eigenvalue weighted by Crippen LogP contribution is 1.59. The number of rotatable bonds is 1. The molecule has 0 unspecified atom stereocenters. The van der Waals surface area contributed by atoms with Crippen molar-refractivity contribution in [1.82, 2.24) is 0 Å². The van der Waals surface area contributed by atoms with Gasteiger partial charge in [0.15, 0.2) is 5.84 Å². The molecule has 34 valence electrons. The molecule has 0 radical (unpaired) electrons. The normalized spacial score (nSPS) is 11.0. The zero-order chi connectivity index (χ0) is 4.99. The molecule has 0 rings (SSSR count). The Balaban J connectivity index is 3.50. The van der Waals surface area contributed by atoms with Crippen LogP contribution in [0.2, 0.25) is 0 Å². The van der Waals surface area contributed by atoms with E-state index in [0.717, 1.165) is 0 Å². The second kappa shape index (κ2) is 2.26. The van der Waals surface area contributed by atoms with Crippen molar-refractivity contribution in [2.75, 3.05) is 0 Å². The summed E-state index contributed by atoms with van der Waals surface area (Å²) >= 11 is 0. The molecule has 0 heterocycles. The monoisotopic (exact) mass is 86.0 g/mol. The van der Waals surface area contributed by atoms with Gasteiger partial charge in [-0.25, -0.2) is 0 Å². The topological polar surface area (TPSA) is 58.6 Å². The van der Waals surface area contributed by atoms with E-state index in [1.165, 1.54) is 6.08 Å². The van der Waals surface area contributed by atoms with Crippen LogP contribution in [0.5, 0.6) is 0 Å². The molecule has 0 fully saturated rings. The minimum absolute atomic E-state index is 0.0370. The van der Waals surface area contributed by atoms with Gasteiger partial charge in [0.25, 0.3) is 0 Å². The van der Waals surface area contributed by atoms with Gasteiger partial charge >= 0.3 is 0 Å². The van der Waals surface area contributed by atoms with Crippen molar-refractivity contribution in [1.29, 1.82) is 0 Å². The molecule has 0 atom stereocenters. The first kappa shape index (κ1) is 5.01. The van der Waals surface area contributed by atoms with E-state index in [4.69, 9.17) is 10.9 Å². The standard InChI is InChI=1S/C3H6N2O/c1-2-3(4)5-6/h2,6H,1H2,(H2,4,5). The maximum Gasteiger partial charge on any atom is 0.162 e. The van der Waals surface area contributed by atoms with Crippen LogP contribution in [-0.2, 0) is 0 Å². The summed E-state index contributed by atoms with van der Waals surface area (Å²) in [4.78, 5) is 0. The summed E-state index contributed by atoms with van der Waals surface area (Å²) in [6.45, 7) is 3.22.